The van der Waals surface area contributed by atoms with Gasteiger partial charge in [-0.25, -0.2) is 0 Å². The molecule has 0 unspecified atom stereocenters. The fourth-order valence-electron chi connectivity index (χ4n) is 1.88. The van der Waals surface area contributed by atoms with Crippen LogP contribution in [0.4, 0.5) is 0 Å². The summed E-state index contributed by atoms with van der Waals surface area (Å²) in [5.41, 5.74) is 1.02. The average Bonchev–Trinajstić information content (AvgIpc) is 2.48. The van der Waals surface area contributed by atoms with Gasteiger partial charge >= 0.3 is 0 Å². The normalized spacial score (nSPS) is 10.3. The molecule has 20 heavy (non-hydrogen) atoms. The molecular formula is C16H18ClNO2. The molecule has 0 aliphatic heterocycles. The number of hydrogen-bond donors (Lipinski definition) is 1. The Balaban J connectivity index is 2.32. The van der Waals surface area contributed by atoms with Gasteiger partial charge < -0.3 is 14.8 Å². The van der Waals surface area contributed by atoms with Gasteiger partial charge in [-0.1, -0.05) is 42.8 Å². The topological polar surface area (TPSA) is 30.5 Å². The Kier molecular flexibility index (Phi) is 5.27. The quantitative estimate of drug-likeness (QED) is 0.863. The molecule has 0 amide bonds. The smallest absolute Gasteiger partial charge is 0.169 e. The summed E-state index contributed by atoms with van der Waals surface area (Å²) in [4.78, 5) is 0. The maximum Gasteiger partial charge on any atom is 0.169 e. The number of hydrogen-bond acceptors (Lipinski definition) is 3. The van der Waals surface area contributed by atoms with Gasteiger partial charge in [0.1, 0.15) is 0 Å². The van der Waals surface area contributed by atoms with Crippen LogP contribution in [0.1, 0.15) is 12.5 Å². The Labute approximate surface area is 124 Å². The summed E-state index contributed by atoms with van der Waals surface area (Å²) in [6, 6.07) is 13.3. The number of halogens is 1. The van der Waals surface area contributed by atoms with Crippen LogP contribution in [-0.4, -0.2) is 13.7 Å². The van der Waals surface area contributed by atoms with E-state index >= 15 is 0 Å². The highest BCUT2D eigenvalue weighted by atomic mass is 35.5. The van der Waals surface area contributed by atoms with Crippen LogP contribution in [0.5, 0.6) is 17.2 Å². The Morgan fingerprint density at radius 1 is 1.05 bits per heavy atom. The van der Waals surface area contributed by atoms with Crippen LogP contribution in [0.15, 0.2) is 42.5 Å². The minimum atomic E-state index is 0.589. The molecular weight excluding hydrogens is 274 g/mol. The van der Waals surface area contributed by atoms with Crippen LogP contribution in [-0.2, 0) is 6.54 Å². The van der Waals surface area contributed by atoms with E-state index in [1.165, 1.54) is 0 Å². The van der Waals surface area contributed by atoms with E-state index < -0.39 is 0 Å². The predicted molar refractivity (Wildman–Crippen MR) is 81.9 cm³/mol. The fraction of sp³-hybridized carbons (Fsp3) is 0.250. The lowest BCUT2D eigenvalue weighted by Gasteiger charge is -2.15. The molecule has 2 rings (SSSR count). The maximum absolute atomic E-state index is 6.26. The van der Waals surface area contributed by atoms with Crippen molar-refractivity contribution in [2.75, 3.05) is 13.7 Å². The van der Waals surface area contributed by atoms with Crippen molar-refractivity contribution in [3.63, 3.8) is 0 Å². The lowest BCUT2D eigenvalue weighted by atomic mass is 10.2. The van der Waals surface area contributed by atoms with Crippen molar-refractivity contribution in [1.29, 1.82) is 0 Å². The fourth-order valence-corrected chi connectivity index (χ4v) is 2.11. The number of nitrogens with one attached hydrogen (secondary N) is 1. The van der Waals surface area contributed by atoms with Crippen molar-refractivity contribution in [1.82, 2.24) is 5.32 Å². The molecule has 0 aliphatic rings. The van der Waals surface area contributed by atoms with Gasteiger partial charge in [0.05, 0.1) is 12.1 Å². The van der Waals surface area contributed by atoms with E-state index in [0.29, 0.717) is 28.8 Å². The van der Waals surface area contributed by atoms with Crippen molar-refractivity contribution < 1.29 is 9.47 Å². The molecule has 0 saturated carbocycles. The molecule has 0 heterocycles. The van der Waals surface area contributed by atoms with Crippen LogP contribution in [0.3, 0.4) is 0 Å². The second kappa shape index (κ2) is 7.17. The Morgan fingerprint density at radius 2 is 1.80 bits per heavy atom. The van der Waals surface area contributed by atoms with Crippen LogP contribution in [0.2, 0.25) is 5.02 Å². The molecule has 0 aromatic heterocycles. The number of ether oxygens (including phenoxy) is 2. The van der Waals surface area contributed by atoms with Gasteiger partial charge in [-0.3, -0.25) is 0 Å². The Hall–Kier alpha value is -1.71. The molecule has 2 aromatic carbocycles. The summed E-state index contributed by atoms with van der Waals surface area (Å²) in [6.07, 6.45) is 0. The molecule has 0 fully saturated rings. The third kappa shape index (κ3) is 3.44. The SMILES string of the molecule is CCNCc1cccc(Cl)c1Oc1ccccc1OC. The molecule has 0 atom stereocenters. The maximum atomic E-state index is 6.26. The van der Waals surface area contributed by atoms with Crippen LogP contribution < -0.4 is 14.8 Å². The summed E-state index contributed by atoms with van der Waals surface area (Å²) < 4.78 is 11.3. The summed E-state index contributed by atoms with van der Waals surface area (Å²) in [5.74, 6) is 2.00. The van der Waals surface area contributed by atoms with E-state index in [-0.39, 0.29) is 0 Å². The van der Waals surface area contributed by atoms with Crippen molar-refractivity contribution in [2.24, 2.45) is 0 Å². The molecule has 1 N–H and O–H groups in total. The monoisotopic (exact) mass is 291 g/mol. The summed E-state index contributed by atoms with van der Waals surface area (Å²) >= 11 is 6.26. The third-order valence-electron chi connectivity index (χ3n) is 2.90. The zero-order chi connectivity index (χ0) is 14.4. The lowest BCUT2D eigenvalue weighted by Crippen LogP contribution is -2.12. The predicted octanol–water partition coefficient (Wildman–Crippen LogP) is 4.25. The Morgan fingerprint density at radius 3 is 2.50 bits per heavy atom. The lowest BCUT2D eigenvalue weighted by molar-refractivity contribution is 0.377. The van der Waals surface area contributed by atoms with Crippen LogP contribution in [0.25, 0.3) is 0 Å². The first kappa shape index (κ1) is 14.7. The molecule has 0 aliphatic carbocycles. The summed E-state index contributed by atoms with van der Waals surface area (Å²) in [6.45, 7) is 3.66. The minimum Gasteiger partial charge on any atom is -0.493 e. The summed E-state index contributed by atoms with van der Waals surface area (Å²) in [5, 5.41) is 3.87. The van der Waals surface area contributed by atoms with E-state index in [0.717, 1.165) is 12.1 Å². The zero-order valence-electron chi connectivity index (χ0n) is 11.7. The molecule has 2 aromatic rings. The first-order valence-electron chi connectivity index (χ1n) is 6.55. The molecule has 106 valence electrons. The van der Waals surface area contributed by atoms with Crippen LogP contribution in [0, 0.1) is 0 Å². The molecule has 4 heteroatoms. The van der Waals surface area contributed by atoms with Crippen LogP contribution >= 0.6 is 11.6 Å². The highest BCUT2D eigenvalue weighted by Gasteiger charge is 2.11. The third-order valence-corrected chi connectivity index (χ3v) is 3.19. The molecule has 3 nitrogen and oxygen atoms in total. The van der Waals surface area contributed by atoms with Crippen molar-refractivity contribution >= 4 is 11.6 Å². The molecule has 0 radical (unpaired) electrons. The van der Waals surface area contributed by atoms with Crippen molar-refractivity contribution in [2.45, 2.75) is 13.5 Å². The van der Waals surface area contributed by atoms with Gasteiger partial charge in [-0.2, -0.15) is 0 Å². The molecule has 0 saturated heterocycles. The average molecular weight is 292 g/mol. The summed E-state index contributed by atoms with van der Waals surface area (Å²) in [7, 11) is 1.62. The molecule has 0 spiro atoms. The van der Waals surface area contributed by atoms with Gasteiger partial charge in [-0.15, -0.1) is 0 Å². The first-order valence-corrected chi connectivity index (χ1v) is 6.93. The zero-order valence-corrected chi connectivity index (χ0v) is 12.4. The van der Waals surface area contributed by atoms with Crippen molar-refractivity contribution in [3.05, 3.63) is 53.1 Å². The number of benzene rings is 2. The number of methoxy groups -OCH3 is 1. The highest BCUT2D eigenvalue weighted by molar-refractivity contribution is 6.32. The highest BCUT2D eigenvalue weighted by Crippen LogP contribution is 2.37. The van der Waals surface area contributed by atoms with E-state index in [1.807, 2.05) is 42.5 Å². The van der Waals surface area contributed by atoms with Crippen molar-refractivity contribution in [3.8, 4) is 17.2 Å². The number of rotatable bonds is 6. The van der Waals surface area contributed by atoms with Gasteiger partial charge in [0.2, 0.25) is 0 Å². The van der Waals surface area contributed by atoms with E-state index in [4.69, 9.17) is 21.1 Å². The Bertz CT molecular complexity index is 572. The second-order valence-corrected chi connectivity index (χ2v) is 4.67. The first-order chi connectivity index (χ1) is 9.76. The van der Waals surface area contributed by atoms with Gasteiger partial charge in [0, 0.05) is 12.1 Å². The largest absolute Gasteiger partial charge is 0.493 e. The second-order valence-electron chi connectivity index (χ2n) is 4.26. The molecule has 0 bridgehead atoms. The van der Waals surface area contributed by atoms with Gasteiger partial charge in [0.25, 0.3) is 0 Å². The standard InChI is InChI=1S/C16H18ClNO2/c1-3-18-11-12-7-6-8-13(17)16(12)20-15-10-5-4-9-14(15)19-2/h4-10,18H,3,11H2,1-2H3. The number of para-hydroxylation sites is 3. The van der Waals surface area contributed by atoms with E-state index in [1.54, 1.807) is 7.11 Å². The van der Waals surface area contributed by atoms with E-state index in [9.17, 15) is 0 Å². The van der Waals surface area contributed by atoms with E-state index in [2.05, 4.69) is 12.2 Å². The van der Waals surface area contributed by atoms with Gasteiger partial charge in [0.15, 0.2) is 17.2 Å². The van der Waals surface area contributed by atoms with Gasteiger partial charge in [-0.05, 0) is 24.7 Å². The minimum absolute atomic E-state index is 0.589.